The Bertz CT molecular complexity index is 686. The fraction of sp³-hybridized carbons (Fsp3) is 0.231. The van der Waals surface area contributed by atoms with Gasteiger partial charge in [0.2, 0.25) is 0 Å². The summed E-state index contributed by atoms with van der Waals surface area (Å²) >= 11 is 0. The molecule has 1 aliphatic rings. The van der Waals surface area contributed by atoms with Crippen LogP contribution in [0.1, 0.15) is 17.7 Å². The molecule has 0 fully saturated rings. The van der Waals surface area contributed by atoms with Crippen molar-refractivity contribution in [2.24, 2.45) is 0 Å². The number of hydrogen-bond acceptors (Lipinski definition) is 3. The smallest absolute Gasteiger partial charge is 0.137 e. The number of carbonyl (C=O) groups excluding carboxylic acids is 1. The van der Waals surface area contributed by atoms with Crippen molar-refractivity contribution in [1.82, 2.24) is 4.73 Å². The number of fused-ring (bicyclic) bond motifs is 2. The first kappa shape index (κ1) is 10.1. The van der Waals surface area contributed by atoms with E-state index in [1.54, 1.807) is 12.1 Å². The summed E-state index contributed by atoms with van der Waals surface area (Å²) in [5, 5.41) is 19.3. The highest BCUT2D eigenvalue weighted by Crippen LogP contribution is 2.20. The van der Waals surface area contributed by atoms with Crippen LogP contribution < -0.4 is 5.36 Å². The fourth-order valence-electron chi connectivity index (χ4n) is 2.44. The van der Waals surface area contributed by atoms with Crippen molar-refractivity contribution in [3.05, 3.63) is 40.9 Å². The molecule has 1 aliphatic carbocycles. The van der Waals surface area contributed by atoms with Crippen molar-refractivity contribution in [3.8, 4) is 0 Å². The Kier molecular flexibility index (Phi) is 2.04. The molecule has 0 amide bonds. The lowest BCUT2D eigenvalue weighted by atomic mass is 9.93. The van der Waals surface area contributed by atoms with Gasteiger partial charge in [-0.05, 0) is 12.5 Å². The van der Waals surface area contributed by atoms with Gasteiger partial charge in [0.05, 0.1) is 16.6 Å². The van der Waals surface area contributed by atoms with Crippen molar-refractivity contribution in [2.45, 2.75) is 19.3 Å². The molecule has 0 spiro atoms. The summed E-state index contributed by atoms with van der Waals surface area (Å²) < 4.78 is 1.13. The summed E-state index contributed by atoms with van der Waals surface area (Å²) in [4.78, 5) is 11.5. The molecule has 2 aromatic rings. The van der Waals surface area contributed by atoms with Gasteiger partial charge in [-0.1, -0.05) is 18.2 Å². The number of nitrogens with zero attached hydrogens (tertiary/aromatic N) is 1. The molecule has 1 heterocycles. The summed E-state index contributed by atoms with van der Waals surface area (Å²) in [7, 11) is 0. The second-order valence-electron chi connectivity index (χ2n) is 4.34. The van der Waals surface area contributed by atoms with E-state index in [-0.39, 0.29) is 12.2 Å². The molecule has 0 atom stereocenters. The van der Waals surface area contributed by atoms with E-state index in [0.29, 0.717) is 40.4 Å². The number of carbonyl (C=O) groups is 1. The van der Waals surface area contributed by atoms with E-state index in [0.717, 1.165) is 4.73 Å². The SMILES string of the molecule is N=c1c2c(n(O)c3ccccc13)CCC(=O)C2. The molecule has 0 unspecified atom stereocenters. The predicted octanol–water partition coefficient (Wildman–Crippen LogP) is 1.42. The largest absolute Gasteiger partial charge is 0.428 e. The Morgan fingerprint density at radius 1 is 1.24 bits per heavy atom. The number of rotatable bonds is 0. The zero-order valence-electron chi connectivity index (χ0n) is 9.23. The van der Waals surface area contributed by atoms with Gasteiger partial charge in [0, 0.05) is 23.8 Å². The molecule has 4 heteroatoms. The molecule has 0 radical (unpaired) electrons. The number of ketones is 1. The molecule has 3 rings (SSSR count). The zero-order chi connectivity index (χ0) is 12.0. The van der Waals surface area contributed by atoms with E-state index >= 15 is 0 Å². The number of benzene rings is 1. The van der Waals surface area contributed by atoms with Gasteiger partial charge in [0.25, 0.3) is 0 Å². The van der Waals surface area contributed by atoms with E-state index in [1.807, 2.05) is 12.1 Å². The van der Waals surface area contributed by atoms with Crippen LogP contribution in [0.5, 0.6) is 0 Å². The van der Waals surface area contributed by atoms with Crippen LogP contribution in [-0.2, 0) is 17.6 Å². The normalized spacial score (nSPS) is 14.9. The lowest BCUT2D eigenvalue weighted by molar-refractivity contribution is -0.118. The van der Waals surface area contributed by atoms with Crippen LogP contribution in [0.3, 0.4) is 0 Å². The zero-order valence-corrected chi connectivity index (χ0v) is 9.23. The first-order valence-electron chi connectivity index (χ1n) is 5.59. The van der Waals surface area contributed by atoms with Crippen LogP contribution in [0.4, 0.5) is 0 Å². The number of Topliss-reactive ketones (excluding diaryl/α,β-unsaturated/α-hetero) is 1. The topological polar surface area (TPSA) is 66.1 Å². The van der Waals surface area contributed by atoms with E-state index < -0.39 is 0 Å². The molecule has 0 saturated heterocycles. The molecule has 0 bridgehead atoms. The maximum absolute atomic E-state index is 11.5. The molecule has 1 aromatic carbocycles. The molecular formula is C13H12N2O2. The average Bonchev–Trinajstić information content (AvgIpc) is 2.36. The summed E-state index contributed by atoms with van der Waals surface area (Å²) in [5.74, 6) is 0.140. The fourth-order valence-corrected chi connectivity index (χ4v) is 2.44. The van der Waals surface area contributed by atoms with Crippen LogP contribution in [0, 0.1) is 5.41 Å². The number of aromatic nitrogens is 1. The van der Waals surface area contributed by atoms with Crippen LogP contribution >= 0.6 is 0 Å². The molecule has 86 valence electrons. The molecule has 17 heavy (non-hydrogen) atoms. The molecular weight excluding hydrogens is 216 g/mol. The van der Waals surface area contributed by atoms with Crippen LogP contribution in [0.2, 0.25) is 0 Å². The maximum Gasteiger partial charge on any atom is 0.137 e. The summed E-state index contributed by atoms with van der Waals surface area (Å²) in [6, 6.07) is 7.24. The second-order valence-corrected chi connectivity index (χ2v) is 4.34. The van der Waals surface area contributed by atoms with Crippen molar-refractivity contribution in [1.29, 1.82) is 5.41 Å². The Morgan fingerprint density at radius 2 is 2.00 bits per heavy atom. The van der Waals surface area contributed by atoms with Gasteiger partial charge in [0.15, 0.2) is 0 Å². The molecule has 0 aliphatic heterocycles. The Hall–Kier alpha value is -2.10. The third kappa shape index (κ3) is 1.37. The summed E-state index contributed by atoms with van der Waals surface area (Å²) in [5.41, 5.74) is 2.00. The van der Waals surface area contributed by atoms with Gasteiger partial charge in [-0.2, -0.15) is 4.73 Å². The first-order chi connectivity index (χ1) is 8.18. The highest BCUT2D eigenvalue weighted by atomic mass is 16.5. The number of hydrogen-bond donors (Lipinski definition) is 2. The van der Waals surface area contributed by atoms with Crippen LogP contribution in [0.15, 0.2) is 24.3 Å². The Labute approximate surface area is 97.6 Å². The maximum atomic E-state index is 11.5. The first-order valence-corrected chi connectivity index (χ1v) is 5.59. The van der Waals surface area contributed by atoms with E-state index in [9.17, 15) is 10.0 Å². The standard InChI is InChI=1S/C13H12N2O2/c14-13-9-3-1-2-4-11(9)15(17)12-6-5-8(16)7-10(12)13/h1-4,14,17H,5-7H2. The minimum absolute atomic E-state index is 0.140. The highest BCUT2D eigenvalue weighted by Gasteiger charge is 2.21. The minimum atomic E-state index is 0.140. The van der Waals surface area contributed by atoms with Gasteiger partial charge >= 0.3 is 0 Å². The molecule has 4 nitrogen and oxygen atoms in total. The van der Waals surface area contributed by atoms with Crippen molar-refractivity contribution in [3.63, 3.8) is 0 Å². The van der Waals surface area contributed by atoms with E-state index in [2.05, 4.69) is 0 Å². The second kappa shape index (κ2) is 3.45. The summed E-state index contributed by atoms with van der Waals surface area (Å²) in [6.07, 6.45) is 1.23. The number of para-hydroxylation sites is 1. The number of pyridine rings is 1. The van der Waals surface area contributed by atoms with Gasteiger partial charge in [-0.15, -0.1) is 0 Å². The van der Waals surface area contributed by atoms with E-state index in [4.69, 9.17) is 5.41 Å². The van der Waals surface area contributed by atoms with Gasteiger partial charge in [-0.3, -0.25) is 10.2 Å². The average molecular weight is 228 g/mol. The third-order valence-electron chi connectivity index (χ3n) is 3.32. The number of nitrogens with one attached hydrogen (secondary N) is 1. The van der Waals surface area contributed by atoms with Crippen LogP contribution in [0.25, 0.3) is 10.9 Å². The lowest BCUT2D eigenvalue weighted by Gasteiger charge is -2.19. The predicted molar refractivity (Wildman–Crippen MR) is 62.0 cm³/mol. The Balaban J connectivity index is 2.46. The quantitative estimate of drug-likeness (QED) is 0.669. The minimum Gasteiger partial charge on any atom is -0.428 e. The van der Waals surface area contributed by atoms with Crippen LogP contribution in [-0.4, -0.2) is 15.7 Å². The molecule has 2 N–H and O–H groups in total. The summed E-state index contributed by atoms with van der Waals surface area (Å²) in [6.45, 7) is 0. The van der Waals surface area contributed by atoms with Crippen molar-refractivity contribution < 1.29 is 10.0 Å². The van der Waals surface area contributed by atoms with Gasteiger partial charge < -0.3 is 5.21 Å². The van der Waals surface area contributed by atoms with Crippen molar-refractivity contribution in [2.75, 3.05) is 0 Å². The molecule has 0 saturated carbocycles. The monoisotopic (exact) mass is 228 g/mol. The third-order valence-corrected chi connectivity index (χ3v) is 3.32. The van der Waals surface area contributed by atoms with Gasteiger partial charge in [0.1, 0.15) is 5.78 Å². The van der Waals surface area contributed by atoms with E-state index in [1.165, 1.54) is 0 Å². The van der Waals surface area contributed by atoms with Gasteiger partial charge in [-0.25, -0.2) is 0 Å². The Morgan fingerprint density at radius 3 is 2.82 bits per heavy atom. The van der Waals surface area contributed by atoms with Crippen molar-refractivity contribution >= 4 is 16.7 Å². The molecule has 1 aromatic heterocycles. The highest BCUT2D eigenvalue weighted by molar-refractivity contribution is 5.86. The lowest BCUT2D eigenvalue weighted by Crippen LogP contribution is -2.26.